The number of halogens is 1. The summed E-state index contributed by atoms with van der Waals surface area (Å²) in [6.07, 6.45) is 1.37. The van der Waals surface area contributed by atoms with Gasteiger partial charge in [-0.05, 0) is 6.07 Å². The molecule has 0 unspecified atom stereocenters. The first-order valence-corrected chi connectivity index (χ1v) is 3.57. The zero-order chi connectivity index (χ0) is 8.72. The average Bonchev–Trinajstić information content (AvgIpc) is 2.31. The van der Waals surface area contributed by atoms with E-state index in [0.717, 1.165) is 0 Å². The van der Waals surface area contributed by atoms with Gasteiger partial charge in [0.15, 0.2) is 0 Å². The summed E-state index contributed by atoms with van der Waals surface area (Å²) < 4.78 is 0. The minimum absolute atomic E-state index is 0.243. The molecule has 5 heteroatoms. The van der Waals surface area contributed by atoms with E-state index in [0.29, 0.717) is 5.02 Å². The molecule has 0 saturated carbocycles. The number of fused-ring (bicyclic) bond motifs is 1. The van der Waals surface area contributed by atoms with Crippen molar-refractivity contribution in [3.05, 3.63) is 22.8 Å². The lowest BCUT2D eigenvalue weighted by molar-refractivity contribution is -0.112. The highest BCUT2D eigenvalue weighted by Crippen LogP contribution is 2.22. The molecule has 1 aromatic heterocycles. The minimum Gasteiger partial charge on any atom is -0.303 e. The number of nitrogens with one attached hydrogen (secondary N) is 1. The topological polar surface area (TPSA) is 59.1 Å². The van der Waals surface area contributed by atoms with Crippen LogP contribution in [0.4, 0.5) is 5.82 Å². The van der Waals surface area contributed by atoms with Crippen molar-refractivity contribution in [2.75, 3.05) is 5.32 Å². The van der Waals surface area contributed by atoms with Crippen LogP contribution in [-0.2, 0) is 4.79 Å². The van der Waals surface area contributed by atoms with Crippen molar-refractivity contribution in [3.8, 4) is 0 Å². The first-order chi connectivity index (χ1) is 5.68. The Kier molecular flexibility index (Phi) is 1.38. The van der Waals surface area contributed by atoms with Crippen molar-refractivity contribution in [2.24, 2.45) is 0 Å². The second-order valence-corrected chi connectivity index (χ2v) is 2.77. The molecule has 1 aliphatic rings. The number of nitrogens with zero attached hydrogens (tertiary/aromatic N) is 1. The van der Waals surface area contributed by atoms with Crippen LogP contribution in [0.1, 0.15) is 10.4 Å². The number of amides is 1. The Balaban J connectivity index is 2.63. The lowest BCUT2D eigenvalue weighted by Gasteiger charge is -1.93. The highest BCUT2D eigenvalue weighted by atomic mass is 35.5. The van der Waals surface area contributed by atoms with Crippen molar-refractivity contribution in [2.45, 2.75) is 0 Å². The number of rotatable bonds is 0. The molecule has 2 heterocycles. The third-order valence-corrected chi connectivity index (χ3v) is 1.74. The van der Waals surface area contributed by atoms with E-state index >= 15 is 0 Å². The molecule has 1 aromatic rings. The molecule has 4 nitrogen and oxygen atoms in total. The van der Waals surface area contributed by atoms with Crippen molar-refractivity contribution >= 4 is 29.1 Å². The van der Waals surface area contributed by atoms with E-state index in [1.165, 1.54) is 12.3 Å². The van der Waals surface area contributed by atoms with Gasteiger partial charge in [0.2, 0.25) is 0 Å². The summed E-state index contributed by atoms with van der Waals surface area (Å²) in [5, 5.41) is 2.66. The monoisotopic (exact) mass is 182 g/mol. The van der Waals surface area contributed by atoms with Crippen LogP contribution in [0.5, 0.6) is 0 Å². The normalized spacial score (nSPS) is 14.4. The average molecular weight is 183 g/mol. The molecule has 1 amide bonds. The summed E-state index contributed by atoms with van der Waals surface area (Å²) in [4.78, 5) is 25.6. The third-order valence-electron chi connectivity index (χ3n) is 1.54. The second-order valence-electron chi connectivity index (χ2n) is 2.33. The van der Waals surface area contributed by atoms with Crippen molar-refractivity contribution in [3.63, 3.8) is 0 Å². The van der Waals surface area contributed by atoms with Crippen LogP contribution in [0.25, 0.3) is 0 Å². The highest BCUT2D eigenvalue weighted by molar-refractivity contribution is 6.51. The second kappa shape index (κ2) is 2.28. The molecule has 0 radical (unpaired) electrons. The maximum absolute atomic E-state index is 11.0. The Hall–Kier alpha value is -1.42. The van der Waals surface area contributed by atoms with Gasteiger partial charge in [0.25, 0.3) is 11.7 Å². The molecule has 0 fully saturated rings. The van der Waals surface area contributed by atoms with Gasteiger partial charge >= 0.3 is 0 Å². The number of hydrogen-bond donors (Lipinski definition) is 1. The van der Waals surface area contributed by atoms with Crippen molar-refractivity contribution in [1.29, 1.82) is 0 Å². The minimum atomic E-state index is -0.653. The number of carbonyl (C=O) groups excluding carboxylic acids is 2. The largest absolute Gasteiger partial charge is 0.303 e. The summed E-state index contributed by atoms with van der Waals surface area (Å²) in [6.45, 7) is 0. The quantitative estimate of drug-likeness (QED) is 0.606. The molecular weight excluding hydrogens is 180 g/mol. The Morgan fingerprint density at radius 2 is 2.17 bits per heavy atom. The van der Waals surface area contributed by atoms with Gasteiger partial charge in [-0.15, -0.1) is 0 Å². The maximum Gasteiger partial charge on any atom is 0.298 e. The zero-order valence-corrected chi connectivity index (χ0v) is 6.55. The molecular formula is C7H3ClN2O2. The summed E-state index contributed by atoms with van der Waals surface area (Å²) in [6, 6.07) is 1.42. The Labute approximate surface area is 72.6 Å². The Morgan fingerprint density at radius 1 is 1.42 bits per heavy atom. The summed E-state index contributed by atoms with van der Waals surface area (Å²) in [5.74, 6) is -0.950. The Bertz CT molecular complexity index is 389. The molecule has 0 saturated heterocycles. The lowest BCUT2D eigenvalue weighted by Crippen LogP contribution is -2.12. The fraction of sp³-hybridized carbons (Fsp3) is 0. The van der Waals surface area contributed by atoms with Crippen LogP contribution in [0.3, 0.4) is 0 Å². The first-order valence-electron chi connectivity index (χ1n) is 3.20. The van der Waals surface area contributed by atoms with Crippen molar-refractivity contribution < 1.29 is 9.59 Å². The molecule has 0 spiro atoms. The van der Waals surface area contributed by atoms with Crippen LogP contribution in [0, 0.1) is 0 Å². The van der Waals surface area contributed by atoms with Gasteiger partial charge in [0.1, 0.15) is 5.82 Å². The molecule has 1 N–H and O–H groups in total. The highest BCUT2D eigenvalue weighted by Gasteiger charge is 2.28. The van der Waals surface area contributed by atoms with Crippen molar-refractivity contribution in [1.82, 2.24) is 4.98 Å². The zero-order valence-electron chi connectivity index (χ0n) is 5.80. The van der Waals surface area contributed by atoms with Gasteiger partial charge in [0.05, 0.1) is 10.6 Å². The molecule has 1 aliphatic heterocycles. The first kappa shape index (κ1) is 7.24. The van der Waals surface area contributed by atoms with Gasteiger partial charge in [0, 0.05) is 6.20 Å². The number of ketones is 1. The summed E-state index contributed by atoms with van der Waals surface area (Å²) in [7, 11) is 0. The van der Waals surface area contributed by atoms with E-state index in [4.69, 9.17) is 11.6 Å². The number of hydrogen-bond acceptors (Lipinski definition) is 3. The van der Waals surface area contributed by atoms with Crippen LogP contribution in [0.2, 0.25) is 5.02 Å². The van der Waals surface area contributed by atoms with Crippen LogP contribution < -0.4 is 5.32 Å². The fourth-order valence-electron chi connectivity index (χ4n) is 0.999. The summed E-state index contributed by atoms with van der Waals surface area (Å²) in [5.41, 5.74) is 0.243. The van der Waals surface area contributed by atoms with Crippen LogP contribution in [0.15, 0.2) is 12.3 Å². The van der Waals surface area contributed by atoms with E-state index in [9.17, 15) is 9.59 Å². The maximum atomic E-state index is 11.0. The van der Waals surface area contributed by atoms with Gasteiger partial charge in [-0.2, -0.15) is 0 Å². The number of carbonyl (C=O) groups is 2. The third kappa shape index (κ3) is 0.887. The number of pyridine rings is 1. The van der Waals surface area contributed by atoms with E-state index in [1.54, 1.807) is 0 Å². The standard InChI is InChI=1S/C7H3ClN2O2/c8-3-1-4-5(11)7(12)10-6(4)9-2-3/h1-2H,(H,9,10,11,12). The van der Waals surface area contributed by atoms with Gasteiger partial charge < -0.3 is 5.32 Å². The number of anilines is 1. The molecule has 0 bridgehead atoms. The van der Waals surface area contributed by atoms with E-state index in [2.05, 4.69) is 10.3 Å². The van der Waals surface area contributed by atoms with Gasteiger partial charge in [-0.3, -0.25) is 9.59 Å². The fourth-order valence-corrected chi connectivity index (χ4v) is 1.16. The molecule has 0 aliphatic carbocycles. The molecule has 12 heavy (non-hydrogen) atoms. The van der Waals surface area contributed by atoms with E-state index in [1.807, 2.05) is 0 Å². The van der Waals surface area contributed by atoms with E-state index < -0.39 is 11.7 Å². The van der Waals surface area contributed by atoms with Gasteiger partial charge in [-0.1, -0.05) is 11.6 Å². The summed E-state index contributed by atoms with van der Waals surface area (Å²) >= 11 is 5.58. The molecule has 60 valence electrons. The predicted octanol–water partition coefficient (Wildman–Crippen LogP) is 0.870. The van der Waals surface area contributed by atoms with Crippen LogP contribution in [-0.4, -0.2) is 16.7 Å². The number of Topliss-reactive ketones (excluding diaryl/α,β-unsaturated/α-hetero) is 1. The van der Waals surface area contributed by atoms with Gasteiger partial charge in [-0.25, -0.2) is 4.98 Å². The molecule has 0 aromatic carbocycles. The smallest absolute Gasteiger partial charge is 0.298 e. The Morgan fingerprint density at radius 3 is 2.92 bits per heavy atom. The molecule has 2 rings (SSSR count). The predicted molar refractivity (Wildman–Crippen MR) is 42.2 cm³/mol. The SMILES string of the molecule is O=C1Nc2ncc(Cl)cc2C1=O. The molecule has 0 atom stereocenters. The lowest BCUT2D eigenvalue weighted by atomic mass is 10.2. The number of aromatic nitrogens is 1. The van der Waals surface area contributed by atoms with E-state index in [-0.39, 0.29) is 11.4 Å². The van der Waals surface area contributed by atoms with Crippen LogP contribution >= 0.6 is 11.6 Å².